The van der Waals surface area contributed by atoms with E-state index < -0.39 is 6.04 Å². The molecule has 0 saturated heterocycles. The monoisotopic (exact) mass is 294 g/mol. The highest BCUT2D eigenvalue weighted by molar-refractivity contribution is 5.76. The van der Waals surface area contributed by atoms with Crippen molar-refractivity contribution in [1.82, 2.24) is 4.90 Å². The number of nitrogens with zero attached hydrogens (tertiary/aromatic N) is 1. The topological polar surface area (TPSA) is 64.8 Å². The van der Waals surface area contributed by atoms with Crippen molar-refractivity contribution in [2.24, 2.45) is 5.73 Å². The molecule has 0 amide bonds. The molecule has 0 heterocycles. The number of rotatable bonds is 9. The molecule has 0 radical (unpaired) electrons. The third kappa shape index (κ3) is 6.60. The lowest BCUT2D eigenvalue weighted by Gasteiger charge is -2.15. The number of hydrogen-bond acceptors (Lipinski definition) is 5. The highest BCUT2D eigenvalue weighted by Gasteiger charge is 2.17. The number of carbonyl (C=O) groups excluding carboxylic acids is 1. The Morgan fingerprint density at radius 3 is 2.71 bits per heavy atom. The summed E-state index contributed by atoms with van der Waals surface area (Å²) in [4.78, 5) is 13.7. The molecule has 2 N–H and O–H groups in total. The molecule has 21 heavy (non-hydrogen) atoms. The van der Waals surface area contributed by atoms with Crippen LogP contribution in [0.2, 0.25) is 0 Å². The average molecular weight is 294 g/mol. The lowest BCUT2D eigenvalue weighted by Crippen LogP contribution is -2.34. The highest BCUT2D eigenvalue weighted by atomic mass is 16.5. The summed E-state index contributed by atoms with van der Waals surface area (Å²) in [6.45, 7) is 3.73. The van der Waals surface area contributed by atoms with Crippen LogP contribution in [0.1, 0.15) is 18.9 Å². The Bertz CT molecular complexity index is 435. The number of nitrogens with two attached hydrogens (primary N) is 1. The lowest BCUT2D eigenvalue weighted by atomic mass is 10.1. The maximum Gasteiger partial charge on any atom is 0.323 e. The van der Waals surface area contributed by atoms with Crippen molar-refractivity contribution in [3.8, 4) is 5.75 Å². The summed E-state index contributed by atoms with van der Waals surface area (Å²) in [6, 6.07) is 7.01. The standard InChI is InChI=1S/C16H26N2O3/c1-4-20-16(19)14(17)12-13-8-5-6-9-15(13)21-11-7-10-18(2)3/h5-6,8-9,14H,4,7,10-12,17H2,1-3H3. The fraction of sp³-hybridized carbons (Fsp3) is 0.562. The maximum absolute atomic E-state index is 11.6. The van der Waals surface area contributed by atoms with E-state index in [-0.39, 0.29) is 5.97 Å². The zero-order chi connectivity index (χ0) is 15.7. The summed E-state index contributed by atoms with van der Waals surface area (Å²) in [5.74, 6) is 0.413. The molecule has 1 rings (SSSR count). The van der Waals surface area contributed by atoms with Crippen molar-refractivity contribution in [2.75, 3.05) is 33.9 Å². The van der Waals surface area contributed by atoms with Crippen molar-refractivity contribution in [1.29, 1.82) is 0 Å². The number of hydrogen-bond donors (Lipinski definition) is 1. The van der Waals surface area contributed by atoms with Gasteiger partial charge in [-0.2, -0.15) is 0 Å². The van der Waals surface area contributed by atoms with Crippen LogP contribution in [0.15, 0.2) is 24.3 Å². The lowest BCUT2D eigenvalue weighted by molar-refractivity contribution is -0.144. The van der Waals surface area contributed by atoms with Crippen molar-refractivity contribution < 1.29 is 14.3 Å². The Kier molecular flexibility index (Phi) is 7.79. The predicted molar refractivity (Wildman–Crippen MR) is 83.4 cm³/mol. The van der Waals surface area contributed by atoms with Gasteiger partial charge in [0.2, 0.25) is 0 Å². The average Bonchev–Trinajstić information content (AvgIpc) is 2.45. The Labute approximate surface area is 127 Å². The molecule has 0 saturated carbocycles. The molecule has 1 unspecified atom stereocenters. The normalized spacial score (nSPS) is 12.2. The molecule has 0 aliphatic rings. The molecular weight excluding hydrogens is 268 g/mol. The van der Waals surface area contributed by atoms with Crippen LogP contribution in [-0.2, 0) is 16.0 Å². The summed E-state index contributed by atoms with van der Waals surface area (Å²) < 4.78 is 10.7. The van der Waals surface area contributed by atoms with Crippen LogP contribution in [0.3, 0.4) is 0 Å². The van der Waals surface area contributed by atoms with Crippen LogP contribution in [0.4, 0.5) is 0 Å². The molecule has 1 aromatic carbocycles. The van der Waals surface area contributed by atoms with Crippen molar-refractivity contribution in [3.05, 3.63) is 29.8 Å². The fourth-order valence-corrected chi connectivity index (χ4v) is 1.95. The second-order valence-corrected chi connectivity index (χ2v) is 5.18. The number of benzene rings is 1. The van der Waals surface area contributed by atoms with E-state index in [4.69, 9.17) is 15.2 Å². The van der Waals surface area contributed by atoms with Crippen molar-refractivity contribution >= 4 is 5.97 Å². The third-order valence-electron chi connectivity index (χ3n) is 3.01. The van der Waals surface area contributed by atoms with E-state index in [0.29, 0.717) is 19.6 Å². The fourth-order valence-electron chi connectivity index (χ4n) is 1.95. The van der Waals surface area contributed by atoms with Gasteiger partial charge >= 0.3 is 5.97 Å². The number of esters is 1. The highest BCUT2D eigenvalue weighted by Crippen LogP contribution is 2.19. The van der Waals surface area contributed by atoms with Crippen LogP contribution < -0.4 is 10.5 Å². The van der Waals surface area contributed by atoms with Gasteiger partial charge in [-0.25, -0.2) is 0 Å². The van der Waals surface area contributed by atoms with E-state index in [1.165, 1.54) is 0 Å². The first-order valence-corrected chi connectivity index (χ1v) is 7.32. The minimum atomic E-state index is -0.656. The molecule has 0 fully saturated rings. The second-order valence-electron chi connectivity index (χ2n) is 5.18. The molecule has 0 bridgehead atoms. The van der Waals surface area contributed by atoms with Gasteiger partial charge in [0, 0.05) is 13.0 Å². The van der Waals surface area contributed by atoms with Gasteiger partial charge in [-0.1, -0.05) is 18.2 Å². The van der Waals surface area contributed by atoms with E-state index in [1.807, 2.05) is 38.4 Å². The molecule has 5 nitrogen and oxygen atoms in total. The smallest absolute Gasteiger partial charge is 0.323 e. The minimum Gasteiger partial charge on any atom is -0.493 e. The van der Waals surface area contributed by atoms with Crippen LogP contribution in [0, 0.1) is 0 Å². The van der Waals surface area contributed by atoms with Gasteiger partial charge in [0.1, 0.15) is 11.8 Å². The summed E-state index contributed by atoms with van der Waals surface area (Å²) in [5, 5.41) is 0. The molecule has 0 aliphatic heterocycles. The SMILES string of the molecule is CCOC(=O)C(N)Cc1ccccc1OCCCN(C)C. The summed E-state index contributed by atoms with van der Waals surface area (Å²) in [7, 11) is 4.07. The van der Waals surface area contributed by atoms with Gasteiger partial charge in [-0.3, -0.25) is 4.79 Å². The van der Waals surface area contributed by atoms with Crippen molar-refractivity contribution in [2.45, 2.75) is 25.8 Å². The minimum absolute atomic E-state index is 0.342. The molecule has 0 aliphatic carbocycles. The molecule has 1 aromatic rings. The van der Waals surface area contributed by atoms with Crippen LogP contribution in [-0.4, -0.2) is 50.8 Å². The van der Waals surface area contributed by atoms with Gasteiger partial charge in [0.15, 0.2) is 0 Å². The molecule has 0 aromatic heterocycles. The van der Waals surface area contributed by atoms with Gasteiger partial charge in [-0.05, 0) is 39.1 Å². The van der Waals surface area contributed by atoms with Gasteiger partial charge in [0.25, 0.3) is 0 Å². The quantitative estimate of drug-likeness (QED) is 0.551. The molecular formula is C16H26N2O3. The van der Waals surface area contributed by atoms with E-state index in [9.17, 15) is 4.79 Å². The van der Waals surface area contributed by atoms with Crippen LogP contribution >= 0.6 is 0 Å². The predicted octanol–water partition coefficient (Wildman–Crippen LogP) is 1.45. The first-order chi connectivity index (χ1) is 10.0. The summed E-state index contributed by atoms with van der Waals surface area (Å²) in [6.07, 6.45) is 1.37. The first kappa shape index (κ1) is 17.5. The Hall–Kier alpha value is -1.59. The first-order valence-electron chi connectivity index (χ1n) is 7.32. The summed E-state index contributed by atoms with van der Waals surface area (Å²) in [5.41, 5.74) is 6.80. The van der Waals surface area contributed by atoms with E-state index >= 15 is 0 Å². The van der Waals surface area contributed by atoms with Gasteiger partial charge < -0.3 is 20.1 Å². The molecule has 0 spiro atoms. The van der Waals surface area contributed by atoms with E-state index in [2.05, 4.69) is 4.90 Å². The zero-order valence-electron chi connectivity index (χ0n) is 13.2. The second kappa shape index (κ2) is 9.37. The number of carbonyl (C=O) groups is 1. The molecule has 1 atom stereocenters. The number of para-hydroxylation sites is 1. The van der Waals surface area contributed by atoms with Crippen molar-refractivity contribution in [3.63, 3.8) is 0 Å². The van der Waals surface area contributed by atoms with E-state index in [0.717, 1.165) is 24.3 Å². The molecule has 5 heteroatoms. The Morgan fingerprint density at radius 2 is 2.05 bits per heavy atom. The zero-order valence-corrected chi connectivity index (χ0v) is 13.2. The Morgan fingerprint density at radius 1 is 1.33 bits per heavy atom. The largest absolute Gasteiger partial charge is 0.493 e. The third-order valence-corrected chi connectivity index (χ3v) is 3.01. The van der Waals surface area contributed by atoms with Crippen LogP contribution in [0.5, 0.6) is 5.75 Å². The van der Waals surface area contributed by atoms with Gasteiger partial charge in [0.05, 0.1) is 13.2 Å². The van der Waals surface area contributed by atoms with Crippen LogP contribution in [0.25, 0.3) is 0 Å². The van der Waals surface area contributed by atoms with E-state index in [1.54, 1.807) is 6.92 Å². The Balaban J connectivity index is 2.56. The molecule has 118 valence electrons. The maximum atomic E-state index is 11.6. The van der Waals surface area contributed by atoms with Gasteiger partial charge in [-0.15, -0.1) is 0 Å². The summed E-state index contributed by atoms with van der Waals surface area (Å²) >= 11 is 0. The number of ether oxygens (including phenoxy) is 2.